The minimum atomic E-state index is -0.356. The van der Waals surface area contributed by atoms with Crippen molar-refractivity contribution in [3.05, 3.63) is 95.9 Å². The fraction of sp³-hybridized carbons (Fsp3) is 0.0952. The first-order chi connectivity index (χ1) is 13.2. The fourth-order valence-corrected chi connectivity index (χ4v) is 2.45. The molecular weight excluding hydrogens is 342 g/mol. The predicted octanol–water partition coefficient (Wildman–Crippen LogP) is 2.97. The molecular formula is C21H19N3O3. The highest BCUT2D eigenvalue weighted by atomic mass is 16.3. The minimum Gasteiger partial charge on any atom is -0.459 e. The first-order valence-electron chi connectivity index (χ1n) is 8.53. The molecule has 2 aromatic carbocycles. The molecule has 1 aromatic heterocycles. The second-order valence-corrected chi connectivity index (χ2v) is 5.71. The third kappa shape index (κ3) is 5.15. The van der Waals surface area contributed by atoms with Crippen LogP contribution >= 0.6 is 0 Å². The van der Waals surface area contributed by atoms with Crippen LogP contribution < -0.4 is 10.7 Å². The zero-order valence-electron chi connectivity index (χ0n) is 14.6. The molecule has 136 valence electrons. The van der Waals surface area contributed by atoms with Gasteiger partial charge >= 0.3 is 0 Å². The van der Waals surface area contributed by atoms with Crippen LogP contribution in [0.3, 0.4) is 0 Å². The van der Waals surface area contributed by atoms with Gasteiger partial charge in [-0.1, -0.05) is 60.7 Å². The lowest BCUT2D eigenvalue weighted by Gasteiger charge is -2.08. The van der Waals surface area contributed by atoms with Gasteiger partial charge in [-0.3, -0.25) is 9.59 Å². The van der Waals surface area contributed by atoms with E-state index < -0.39 is 0 Å². The van der Waals surface area contributed by atoms with Crippen LogP contribution in [0.4, 0.5) is 0 Å². The third-order valence-corrected chi connectivity index (χ3v) is 3.77. The van der Waals surface area contributed by atoms with Gasteiger partial charge in [0.1, 0.15) is 0 Å². The molecule has 6 heteroatoms. The van der Waals surface area contributed by atoms with Gasteiger partial charge in [0.25, 0.3) is 5.91 Å². The Hall–Kier alpha value is -3.67. The van der Waals surface area contributed by atoms with Gasteiger partial charge in [0.15, 0.2) is 5.76 Å². The molecule has 1 heterocycles. The second-order valence-electron chi connectivity index (χ2n) is 5.71. The van der Waals surface area contributed by atoms with E-state index in [4.69, 9.17) is 4.42 Å². The Balaban J connectivity index is 1.61. The van der Waals surface area contributed by atoms with Crippen molar-refractivity contribution in [3.63, 3.8) is 0 Å². The van der Waals surface area contributed by atoms with E-state index in [0.717, 1.165) is 11.1 Å². The lowest BCUT2D eigenvalue weighted by molar-refractivity contribution is -0.120. The summed E-state index contributed by atoms with van der Waals surface area (Å²) in [6, 6.07) is 22.4. The van der Waals surface area contributed by atoms with E-state index in [1.165, 1.54) is 6.26 Å². The van der Waals surface area contributed by atoms with E-state index in [1.54, 1.807) is 12.1 Å². The standard InChI is InChI=1S/C21H19N3O3/c25-19(13-14-22-21(26)18-12-7-15-27-18)23-24-20(16-8-3-1-4-9-16)17-10-5-2-6-11-17/h1-12,15H,13-14H2,(H,22,26)(H,23,25). The van der Waals surface area contributed by atoms with Crippen molar-refractivity contribution >= 4 is 17.5 Å². The number of carbonyl (C=O) groups is 2. The molecule has 0 unspecified atom stereocenters. The fourth-order valence-electron chi connectivity index (χ4n) is 2.45. The summed E-state index contributed by atoms with van der Waals surface area (Å²) < 4.78 is 5.00. The van der Waals surface area contributed by atoms with Crippen LogP contribution in [-0.2, 0) is 4.79 Å². The largest absolute Gasteiger partial charge is 0.459 e. The Morgan fingerprint density at radius 3 is 2.04 bits per heavy atom. The smallest absolute Gasteiger partial charge is 0.286 e. The average Bonchev–Trinajstić information content (AvgIpc) is 3.25. The zero-order chi connectivity index (χ0) is 18.9. The predicted molar refractivity (Wildman–Crippen MR) is 102 cm³/mol. The van der Waals surface area contributed by atoms with Crippen LogP contribution in [0.25, 0.3) is 0 Å². The van der Waals surface area contributed by atoms with Crippen LogP contribution in [0, 0.1) is 0 Å². The quantitative estimate of drug-likeness (QED) is 0.501. The van der Waals surface area contributed by atoms with E-state index in [9.17, 15) is 9.59 Å². The number of hydrogen-bond acceptors (Lipinski definition) is 4. The molecule has 0 aliphatic heterocycles. The molecule has 0 atom stereocenters. The molecule has 0 fully saturated rings. The van der Waals surface area contributed by atoms with Crippen molar-refractivity contribution in [2.45, 2.75) is 6.42 Å². The van der Waals surface area contributed by atoms with Crippen LogP contribution in [-0.4, -0.2) is 24.1 Å². The Morgan fingerprint density at radius 2 is 1.48 bits per heavy atom. The van der Waals surface area contributed by atoms with E-state index in [-0.39, 0.29) is 30.5 Å². The lowest BCUT2D eigenvalue weighted by atomic mass is 10.0. The minimum absolute atomic E-state index is 0.104. The van der Waals surface area contributed by atoms with Crippen molar-refractivity contribution in [1.82, 2.24) is 10.7 Å². The molecule has 2 N–H and O–H groups in total. The van der Waals surface area contributed by atoms with Crippen molar-refractivity contribution < 1.29 is 14.0 Å². The van der Waals surface area contributed by atoms with Crippen molar-refractivity contribution in [3.8, 4) is 0 Å². The Morgan fingerprint density at radius 1 is 0.852 bits per heavy atom. The van der Waals surface area contributed by atoms with E-state index in [2.05, 4.69) is 15.8 Å². The normalized spacial score (nSPS) is 10.1. The first kappa shape index (κ1) is 18.1. The number of amides is 2. The van der Waals surface area contributed by atoms with E-state index >= 15 is 0 Å². The van der Waals surface area contributed by atoms with Gasteiger partial charge in [-0.2, -0.15) is 5.10 Å². The summed E-state index contributed by atoms with van der Waals surface area (Å²) in [4.78, 5) is 23.8. The topological polar surface area (TPSA) is 83.7 Å². The lowest BCUT2D eigenvalue weighted by Crippen LogP contribution is -2.29. The summed E-state index contributed by atoms with van der Waals surface area (Å²) in [5.41, 5.74) is 5.03. The van der Waals surface area contributed by atoms with Gasteiger partial charge in [0.2, 0.25) is 5.91 Å². The number of benzene rings is 2. The molecule has 0 aliphatic rings. The van der Waals surface area contributed by atoms with Crippen LogP contribution in [0.2, 0.25) is 0 Å². The van der Waals surface area contributed by atoms with Gasteiger partial charge in [-0.05, 0) is 12.1 Å². The van der Waals surface area contributed by atoms with Crippen molar-refractivity contribution in [2.75, 3.05) is 6.54 Å². The van der Waals surface area contributed by atoms with Gasteiger partial charge in [-0.25, -0.2) is 5.43 Å². The average molecular weight is 361 g/mol. The molecule has 0 bridgehead atoms. The summed E-state index contributed by atoms with van der Waals surface area (Å²) in [5, 5.41) is 6.92. The molecule has 3 rings (SSSR count). The number of furan rings is 1. The molecule has 27 heavy (non-hydrogen) atoms. The highest BCUT2D eigenvalue weighted by Gasteiger charge is 2.10. The highest BCUT2D eigenvalue weighted by molar-refractivity contribution is 6.13. The highest BCUT2D eigenvalue weighted by Crippen LogP contribution is 2.10. The molecule has 6 nitrogen and oxygen atoms in total. The summed E-state index contributed by atoms with van der Waals surface area (Å²) in [7, 11) is 0. The molecule has 0 radical (unpaired) electrons. The van der Waals surface area contributed by atoms with Crippen LogP contribution in [0.1, 0.15) is 28.1 Å². The third-order valence-electron chi connectivity index (χ3n) is 3.77. The molecule has 0 saturated heterocycles. The summed E-state index contributed by atoms with van der Waals surface area (Å²) in [5.74, 6) is -0.437. The van der Waals surface area contributed by atoms with Gasteiger partial charge in [-0.15, -0.1) is 0 Å². The second kappa shape index (κ2) is 9.15. The number of carbonyl (C=O) groups excluding carboxylic acids is 2. The maximum atomic E-state index is 12.1. The molecule has 0 spiro atoms. The Labute approximate surface area is 156 Å². The number of nitrogens with zero attached hydrogens (tertiary/aromatic N) is 1. The monoisotopic (exact) mass is 361 g/mol. The van der Waals surface area contributed by atoms with Crippen molar-refractivity contribution in [2.24, 2.45) is 5.10 Å². The SMILES string of the molecule is O=C(CCNC(=O)c1ccco1)NN=C(c1ccccc1)c1ccccc1. The maximum Gasteiger partial charge on any atom is 0.286 e. The Bertz CT molecular complexity index is 863. The molecule has 2 amide bonds. The molecule has 0 saturated carbocycles. The number of hydrazone groups is 1. The molecule has 0 aliphatic carbocycles. The van der Waals surface area contributed by atoms with E-state index in [1.807, 2.05) is 60.7 Å². The van der Waals surface area contributed by atoms with Gasteiger partial charge in [0, 0.05) is 24.1 Å². The number of nitrogens with one attached hydrogen (secondary N) is 2. The Kier molecular flexibility index (Phi) is 6.14. The van der Waals surface area contributed by atoms with Crippen molar-refractivity contribution in [1.29, 1.82) is 0 Å². The number of hydrogen-bond donors (Lipinski definition) is 2. The van der Waals surface area contributed by atoms with Gasteiger partial charge in [0.05, 0.1) is 12.0 Å². The maximum absolute atomic E-state index is 12.1. The zero-order valence-corrected chi connectivity index (χ0v) is 14.6. The summed E-state index contributed by atoms with van der Waals surface area (Å²) >= 11 is 0. The first-order valence-corrected chi connectivity index (χ1v) is 8.53. The van der Waals surface area contributed by atoms with Crippen LogP contribution in [0.15, 0.2) is 88.6 Å². The summed E-state index contributed by atoms with van der Waals surface area (Å²) in [6.45, 7) is 0.187. The molecule has 3 aromatic rings. The number of rotatable bonds is 7. The van der Waals surface area contributed by atoms with Crippen LogP contribution in [0.5, 0.6) is 0 Å². The van der Waals surface area contributed by atoms with Gasteiger partial charge < -0.3 is 9.73 Å². The van der Waals surface area contributed by atoms with E-state index in [0.29, 0.717) is 5.71 Å². The summed E-state index contributed by atoms with van der Waals surface area (Å²) in [6.07, 6.45) is 1.53.